The van der Waals surface area contributed by atoms with Gasteiger partial charge in [-0.25, -0.2) is 0 Å². The largest absolute Gasteiger partial charge is 0.396 e. The monoisotopic (exact) mass is 267 g/mol. The lowest BCUT2D eigenvalue weighted by atomic mass is 10.1. The molecule has 0 bridgehead atoms. The van der Waals surface area contributed by atoms with E-state index in [1.807, 2.05) is 0 Å². The summed E-state index contributed by atoms with van der Waals surface area (Å²) in [5, 5.41) is 19.7. The Morgan fingerprint density at radius 2 is 2.16 bits per heavy atom. The quantitative estimate of drug-likeness (QED) is 0.446. The van der Waals surface area contributed by atoms with Crippen LogP contribution in [-0.4, -0.2) is 34.1 Å². The van der Waals surface area contributed by atoms with Crippen LogP contribution in [0.25, 0.3) is 0 Å². The van der Waals surface area contributed by atoms with E-state index in [1.54, 1.807) is 12.1 Å². The lowest BCUT2D eigenvalue weighted by Gasteiger charge is -2.26. The fraction of sp³-hybridized carbons (Fsp3) is 0.538. The van der Waals surface area contributed by atoms with Crippen molar-refractivity contribution in [3.8, 4) is 0 Å². The zero-order valence-corrected chi connectivity index (χ0v) is 11.4. The number of nitro benzene ring substituents is 1. The summed E-state index contributed by atoms with van der Waals surface area (Å²) >= 11 is 0. The summed E-state index contributed by atoms with van der Waals surface area (Å²) in [7, 11) is 0. The first-order valence-electron chi connectivity index (χ1n) is 6.33. The van der Waals surface area contributed by atoms with E-state index in [2.05, 4.69) is 18.7 Å². The van der Waals surface area contributed by atoms with E-state index >= 15 is 0 Å². The van der Waals surface area contributed by atoms with E-state index in [0.29, 0.717) is 19.0 Å². The van der Waals surface area contributed by atoms with Crippen molar-refractivity contribution in [1.82, 2.24) is 4.90 Å². The number of nitrogens with zero attached hydrogens (tertiary/aromatic N) is 2. The molecule has 1 rings (SSSR count). The molecule has 0 fully saturated rings. The number of nitro groups is 1. The Kier molecular flexibility index (Phi) is 5.72. The van der Waals surface area contributed by atoms with Gasteiger partial charge >= 0.3 is 0 Å². The van der Waals surface area contributed by atoms with Crippen LogP contribution in [0.5, 0.6) is 0 Å². The number of anilines is 1. The van der Waals surface area contributed by atoms with Crippen molar-refractivity contribution in [3.05, 3.63) is 33.9 Å². The van der Waals surface area contributed by atoms with Crippen molar-refractivity contribution < 1.29 is 10.0 Å². The fourth-order valence-corrected chi connectivity index (χ4v) is 1.87. The maximum Gasteiger partial charge on any atom is 0.292 e. The maximum absolute atomic E-state index is 10.8. The summed E-state index contributed by atoms with van der Waals surface area (Å²) in [6.45, 7) is 5.63. The van der Waals surface area contributed by atoms with Gasteiger partial charge in [0.1, 0.15) is 5.69 Å². The van der Waals surface area contributed by atoms with Crippen molar-refractivity contribution in [3.63, 3.8) is 0 Å². The molecule has 0 saturated heterocycles. The fourth-order valence-electron chi connectivity index (χ4n) is 1.87. The summed E-state index contributed by atoms with van der Waals surface area (Å²) < 4.78 is 0. The molecular weight excluding hydrogens is 246 g/mol. The highest BCUT2D eigenvalue weighted by atomic mass is 16.6. The molecule has 3 N–H and O–H groups in total. The highest BCUT2D eigenvalue weighted by Crippen LogP contribution is 2.23. The molecule has 0 spiro atoms. The van der Waals surface area contributed by atoms with E-state index in [-0.39, 0.29) is 18.0 Å². The third-order valence-corrected chi connectivity index (χ3v) is 3.01. The second kappa shape index (κ2) is 7.06. The zero-order valence-electron chi connectivity index (χ0n) is 11.4. The number of hydrogen-bond donors (Lipinski definition) is 2. The van der Waals surface area contributed by atoms with Gasteiger partial charge in [-0.05, 0) is 31.9 Å². The number of benzene rings is 1. The van der Waals surface area contributed by atoms with E-state index in [9.17, 15) is 10.1 Å². The molecule has 0 aliphatic heterocycles. The molecule has 0 heterocycles. The SMILES string of the molecule is CC(C)N(CCCO)Cc1ccc(N)c([N+](=O)[O-])c1. The molecule has 0 radical (unpaired) electrons. The van der Waals surface area contributed by atoms with Gasteiger partial charge in [-0.1, -0.05) is 6.07 Å². The van der Waals surface area contributed by atoms with Gasteiger partial charge in [0.15, 0.2) is 0 Å². The summed E-state index contributed by atoms with van der Waals surface area (Å²) in [6.07, 6.45) is 0.690. The van der Waals surface area contributed by atoms with E-state index in [4.69, 9.17) is 10.8 Å². The third kappa shape index (κ3) is 4.50. The smallest absolute Gasteiger partial charge is 0.292 e. The van der Waals surface area contributed by atoms with Crippen LogP contribution < -0.4 is 5.73 Å². The lowest BCUT2D eigenvalue weighted by molar-refractivity contribution is -0.384. The molecular formula is C13H21N3O3. The van der Waals surface area contributed by atoms with Gasteiger partial charge in [-0.15, -0.1) is 0 Å². The minimum atomic E-state index is -0.466. The van der Waals surface area contributed by atoms with Gasteiger partial charge in [0.25, 0.3) is 5.69 Å². The normalized spacial score (nSPS) is 11.2. The van der Waals surface area contributed by atoms with Crippen LogP contribution in [-0.2, 0) is 6.54 Å². The van der Waals surface area contributed by atoms with Crippen molar-refractivity contribution in [2.75, 3.05) is 18.9 Å². The minimum absolute atomic E-state index is 0.0524. The van der Waals surface area contributed by atoms with Crippen molar-refractivity contribution in [1.29, 1.82) is 0 Å². The molecule has 6 nitrogen and oxygen atoms in total. The van der Waals surface area contributed by atoms with Crippen LogP contribution in [0.3, 0.4) is 0 Å². The van der Waals surface area contributed by atoms with E-state index < -0.39 is 4.92 Å². The Morgan fingerprint density at radius 1 is 1.47 bits per heavy atom. The van der Waals surface area contributed by atoms with Crippen molar-refractivity contribution in [2.24, 2.45) is 0 Å². The van der Waals surface area contributed by atoms with Crippen LogP contribution in [0.2, 0.25) is 0 Å². The first-order valence-corrected chi connectivity index (χ1v) is 6.33. The van der Waals surface area contributed by atoms with Gasteiger partial charge in [0.2, 0.25) is 0 Å². The number of nitrogens with two attached hydrogens (primary N) is 1. The Labute approximate surface area is 113 Å². The number of nitrogen functional groups attached to an aromatic ring is 1. The number of aliphatic hydroxyl groups excluding tert-OH is 1. The molecule has 6 heteroatoms. The average molecular weight is 267 g/mol. The van der Waals surface area contributed by atoms with Gasteiger partial charge in [0.05, 0.1) is 4.92 Å². The number of rotatable bonds is 7. The number of hydrogen-bond acceptors (Lipinski definition) is 5. The second-order valence-corrected chi connectivity index (χ2v) is 4.79. The van der Waals surface area contributed by atoms with Crippen LogP contribution in [0, 0.1) is 10.1 Å². The summed E-state index contributed by atoms with van der Waals surface area (Å²) in [4.78, 5) is 12.5. The van der Waals surface area contributed by atoms with E-state index in [0.717, 1.165) is 12.1 Å². The molecule has 0 atom stereocenters. The molecule has 0 saturated carbocycles. The Balaban J connectivity index is 2.84. The first-order chi connectivity index (χ1) is 8.95. The van der Waals surface area contributed by atoms with Gasteiger partial charge in [-0.3, -0.25) is 15.0 Å². The van der Waals surface area contributed by atoms with Gasteiger partial charge in [-0.2, -0.15) is 0 Å². The summed E-state index contributed by atoms with van der Waals surface area (Å²) in [5.41, 5.74) is 6.56. The topological polar surface area (TPSA) is 92.6 Å². The number of aliphatic hydroxyl groups is 1. The average Bonchev–Trinajstić information content (AvgIpc) is 2.35. The third-order valence-electron chi connectivity index (χ3n) is 3.01. The van der Waals surface area contributed by atoms with E-state index in [1.165, 1.54) is 6.07 Å². The van der Waals surface area contributed by atoms with Gasteiger partial charge in [0, 0.05) is 31.8 Å². The Bertz CT molecular complexity index is 435. The molecule has 1 aromatic rings. The Morgan fingerprint density at radius 3 is 2.68 bits per heavy atom. The molecule has 106 valence electrons. The molecule has 0 aromatic heterocycles. The zero-order chi connectivity index (χ0) is 14.4. The molecule has 0 aliphatic rings. The predicted molar refractivity (Wildman–Crippen MR) is 74.8 cm³/mol. The van der Waals surface area contributed by atoms with Crippen molar-refractivity contribution >= 4 is 11.4 Å². The minimum Gasteiger partial charge on any atom is -0.396 e. The summed E-state index contributed by atoms with van der Waals surface area (Å²) in [5.74, 6) is 0. The van der Waals surface area contributed by atoms with Crippen molar-refractivity contribution in [2.45, 2.75) is 32.9 Å². The van der Waals surface area contributed by atoms with Gasteiger partial charge < -0.3 is 10.8 Å². The molecule has 0 unspecified atom stereocenters. The highest BCUT2D eigenvalue weighted by Gasteiger charge is 2.15. The molecule has 19 heavy (non-hydrogen) atoms. The summed E-state index contributed by atoms with van der Waals surface area (Å²) in [6, 6.07) is 5.20. The molecule has 1 aromatic carbocycles. The van der Waals surface area contributed by atoms with Crippen LogP contribution >= 0.6 is 0 Å². The maximum atomic E-state index is 10.8. The molecule has 0 amide bonds. The molecule has 0 aliphatic carbocycles. The van der Waals surface area contributed by atoms with Crippen LogP contribution in [0.15, 0.2) is 18.2 Å². The standard InChI is InChI=1S/C13H21N3O3/c1-10(2)15(6-3-7-17)9-11-4-5-12(14)13(8-11)16(18)19/h4-5,8,10,17H,3,6-7,9,14H2,1-2H3. The lowest BCUT2D eigenvalue weighted by Crippen LogP contribution is -2.31. The predicted octanol–water partition coefficient (Wildman–Crippen LogP) is 1.77. The highest BCUT2D eigenvalue weighted by molar-refractivity contribution is 5.59. The van der Waals surface area contributed by atoms with Crippen LogP contribution in [0.4, 0.5) is 11.4 Å². The van der Waals surface area contributed by atoms with Crippen LogP contribution in [0.1, 0.15) is 25.8 Å². The second-order valence-electron chi connectivity index (χ2n) is 4.79. The first kappa shape index (κ1) is 15.4. The Hall–Kier alpha value is -1.66.